The molecule has 2 nitrogen and oxygen atoms in total. The molecule has 0 fully saturated rings. The van der Waals surface area contributed by atoms with Crippen LogP contribution in [0.25, 0.3) is 0 Å². The Bertz CT molecular complexity index is 558. The van der Waals surface area contributed by atoms with Crippen LogP contribution >= 0.6 is 11.6 Å². The summed E-state index contributed by atoms with van der Waals surface area (Å²) >= 11 is 5.66. The normalized spacial score (nSPS) is 23.1. The van der Waals surface area contributed by atoms with E-state index in [9.17, 15) is 22.4 Å². The number of Topliss-reactive ketones (excluding diaryl/α,β-unsaturated/α-hetero) is 1. The number of alkyl halides is 3. The van der Waals surface area contributed by atoms with Crippen molar-refractivity contribution in [2.24, 2.45) is 0 Å². The zero-order valence-corrected chi connectivity index (χ0v) is 11.3. The molecule has 20 heavy (non-hydrogen) atoms. The minimum absolute atomic E-state index is 0.135. The molecule has 1 heterocycles. The molecule has 0 saturated heterocycles. The Hall–Kier alpha value is -1.14. The fraction of sp³-hybridized carbons (Fsp3) is 0.462. The lowest BCUT2D eigenvalue weighted by molar-refractivity contribution is -0.176. The number of carbonyl (C=O) groups is 1. The Kier molecular flexibility index (Phi) is 3.81. The van der Waals surface area contributed by atoms with Crippen molar-refractivity contribution in [3.05, 3.63) is 34.1 Å². The second kappa shape index (κ2) is 5.00. The minimum atomic E-state index is -4.96. The molecule has 0 spiro atoms. The van der Waals surface area contributed by atoms with Crippen molar-refractivity contribution in [1.82, 2.24) is 5.32 Å². The summed E-state index contributed by atoms with van der Waals surface area (Å²) in [5, 5.41) is 2.51. The van der Waals surface area contributed by atoms with E-state index in [1.165, 1.54) is 6.92 Å². The van der Waals surface area contributed by atoms with Crippen molar-refractivity contribution >= 4 is 17.4 Å². The van der Waals surface area contributed by atoms with Crippen LogP contribution in [-0.4, -0.2) is 25.0 Å². The molecule has 0 radical (unpaired) electrons. The van der Waals surface area contributed by atoms with E-state index in [-0.39, 0.29) is 17.1 Å². The van der Waals surface area contributed by atoms with Crippen molar-refractivity contribution in [1.29, 1.82) is 0 Å². The highest BCUT2D eigenvalue weighted by Crippen LogP contribution is 2.37. The average molecular weight is 310 g/mol. The summed E-state index contributed by atoms with van der Waals surface area (Å²) in [4.78, 5) is 11.8. The van der Waals surface area contributed by atoms with E-state index in [2.05, 4.69) is 5.32 Å². The van der Waals surface area contributed by atoms with E-state index in [0.29, 0.717) is 18.5 Å². The number of benzene rings is 1. The highest BCUT2D eigenvalue weighted by Gasteiger charge is 2.52. The van der Waals surface area contributed by atoms with Crippen LogP contribution in [0.15, 0.2) is 12.1 Å². The molecule has 0 amide bonds. The van der Waals surface area contributed by atoms with Gasteiger partial charge in [-0.25, -0.2) is 4.39 Å². The van der Waals surface area contributed by atoms with E-state index in [1.54, 1.807) is 0 Å². The molecule has 1 aliphatic rings. The van der Waals surface area contributed by atoms with Crippen LogP contribution < -0.4 is 5.32 Å². The lowest BCUT2D eigenvalue weighted by Crippen LogP contribution is -2.48. The zero-order valence-electron chi connectivity index (χ0n) is 10.6. The lowest BCUT2D eigenvalue weighted by atomic mass is 9.76. The number of nitrogens with one attached hydrogen (secondary N) is 1. The third-order valence-corrected chi connectivity index (χ3v) is 3.84. The first-order valence-electron chi connectivity index (χ1n) is 5.97. The van der Waals surface area contributed by atoms with Gasteiger partial charge in [0.2, 0.25) is 5.78 Å². The van der Waals surface area contributed by atoms with Gasteiger partial charge in [0.15, 0.2) is 0 Å². The molecule has 1 aliphatic heterocycles. The van der Waals surface area contributed by atoms with Gasteiger partial charge >= 0.3 is 6.18 Å². The van der Waals surface area contributed by atoms with Gasteiger partial charge in [-0.3, -0.25) is 4.79 Å². The van der Waals surface area contributed by atoms with E-state index in [0.717, 1.165) is 12.1 Å². The van der Waals surface area contributed by atoms with E-state index in [1.807, 2.05) is 0 Å². The Morgan fingerprint density at radius 1 is 1.40 bits per heavy atom. The molecule has 1 aromatic carbocycles. The molecule has 0 aliphatic carbocycles. The maximum absolute atomic E-state index is 13.5. The van der Waals surface area contributed by atoms with Crippen molar-refractivity contribution < 1.29 is 22.4 Å². The standard InChI is InChI=1S/C13H12ClF4NO/c1-12(11(20)13(16,17)18)6-19-3-2-7-4-10(15)9(14)5-8(7)12/h4-5,19H,2-3,6H2,1H3. The molecular weight excluding hydrogens is 298 g/mol. The fourth-order valence-electron chi connectivity index (χ4n) is 2.48. The minimum Gasteiger partial charge on any atom is -0.315 e. The first-order valence-corrected chi connectivity index (χ1v) is 6.35. The Balaban J connectivity index is 2.62. The summed E-state index contributed by atoms with van der Waals surface area (Å²) < 4.78 is 51.9. The topological polar surface area (TPSA) is 29.1 Å². The zero-order chi connectivity index (χ0) is 15.1. The highest BCUT2D eigenvalue weighted by atomic mass is 35.5. The molecule has 0 bridgehead atoms. The number of fused-ring (bicyclic) bond motifs is 1. The fourth-order valence-corrected chi connectivity index (χ4v) is 2.64. The molecule has 2 rings (SSSR count). The number of carbonyl (C=O) groups excluding carboxylic acids is 1. The van der Waals surface area contributed by atoms with Crippen molar-refractivity contribution in [2.45, 2.75) is 24.9 Å². The van der Waals surface area contributed by atoms with Crippen LogP contribution in [0.2, 0.25) is 5.02 Å². The van der Waals surface area contributed by atoms with E-state index >= 15 is 0 Å². The average Bonchev–Trinajstić information content (AvgIpc) is 2.50. The molecule has 110 valence electrons. The third-order valence-electron chi connectivity index (χ3n) is 3.55. The van der Waals surface area contributed by atoms with Crippen molar-refractivity contribution in [3.8, 4) is 0 Å². The number of rotatable bonds is 1. The third kappa shape index (κ3) is 2.54. The van der Waals surface area contributed by atoms with Gasteiger partial charge < -0.3 is 5.32 Å². The summed E-state index contributed by atoms with van der Waals surface area (Å²) in [6.45, 7) is 1.41. The van der Waals surface area contributed by atoms with Crippen LogP contribution in [0, 0.1) is 5.82 Å². The summed E-state index contributed by atoms with van der Waals surface area (Å²) in [6.07, 6.45) is -4.62. The number of hydrogen-bond donors (Lipinski definition) is 1. The smallest absolute Gasteiger partial charge is 0.315 e. The highest BCUT2D eigenvalue weighted by molar-refractivity contribution is 6.30. The van der Waals surface area contributed by atoms with E-state index < -0.39 is 23.2 Å². The van der Waals surface area contributed by atoms with Crippen LogP contribution in [0.1, 0.15) is 18.1 Å². The van der Waals surface area contributed by atoms with Gasteiger partial charge in [-0.1, -0.05) is 11.6 Å². The summed E-state index contributed by atoms with van der Waals surface area (Å²) in [5.74, 6) is -2.56. The number of hydrogen-bond acceptors (Lipinski definition) is 2. The van der Waals surface area contributed by atoms with Gasteiger partial charge in [-0.2, -0.15) is 13.2 Å². The largest absolute Gasteiger partial charge is 0.450 e. The predicted molar refractivity (Wildman–Crippen MR) is 66.4 cm³/mol. The van der Waals surface area contributed by atoms with Gasteiger partial charge in [0.25, 0.3) is 0 Å². The predicted octanol–water partition coefficient (Wildman–Crippen LogP) is 3.01. The Morgan fingerprint density at radius 3 is 2.65 bits per heavy atom. The lowest BCUT2D eigenvalue weighted by Gasteiger charge is -2.29. The molecule has 7 heteroatoms. The summed E-state index contributed by atoms with van der Waals surface area (Å²) in [6, 6.07) is 2.23. The maximum atomic E-state index is 13.5. The van der Waals surface area contributed by atoms with Gasteiger partial charge in [0, 0.05) is 6.54 Å². The van der Waals surface area contributed by atoms with Gasteiger partial charge in [0.1, 0.15) is 5.82 Å². The number of ketones is 1. The SMILES string of the molecule is CC1(C(=O)C(F)(F)F)CNCCc2cc(F)c(Cl)cc21. The van der Waals surface area contributed by atoms with Crippen LogP contribution in [0.3, 0.4) is 0 Å². The maximum Gasteiger partial charge on any atom is 0.450 e. The van der Waals surface area contributed by atoms with Crippen LogP contribution in [0.5, 0.6) is 0 Å². The summed E-state index contributed by atoms with van der Waals surface area (Å²) in [7, 11) is 0. The van der Waals surface area contributed by atoms with Crippen molar-refractivity contribution in [2.75, 3.05) is 13.1 Å². The van der Waals surface area contributed by atoms with Gasteiger partial charge in [0.05, 0.1) is 10.4 Å². The molecule has 0 aromatic heterocycles. The van der Waals surface area contributed by atoms with Crippen LogP contribution in [0.4, 0.5) is 17.6 Å². The summed E-state index contributed by atoms with van der Waals surface area (Å²) in [5.41, 5.74) is -1.30. The molecule has 0 saturated carbocycles. The van der Waals surface area contributed by atoms with E-state index in [4.69, 9.17) is 11.6 Å². The van der Waals surface area contributed by atoms with Gasteiger partial charge in [-0.05, 0) is 43.1 Å². The monoisotopic (exact) mass is 309 g/mol. The Labute approximate surface area is 118 Å². The molecule has 1 unspecified atom stereocenters. The first-order chi connectivity index (χ1) is 9.16. The molecular formula is C13H12ClF4NO. The quantitative estimate of drug-likeness (QED) is 0.808. The van der Waals surface area contributed by atoms with Gasteiger partial charge in [-0.15, -0.1) is 0 Å². The molecule has 1 N–H and O–H groups in total. The van der Waals surface area contributed by atoms with Crippen LogP contribution in [-0.2, 0) is 16.6 Å². The Morgan fingerprint density at radius 2 is 2.05 bits per heavy atom. The first kappa shape index (κ1) is 15.3. The number of halogens is 5. The second-order valence-corrected chi connectivity index (χ2v) is 5.42. The second-order valence-electron chi connectivity index (χ2n) is 5.01. The van der Waals surface area contributed by atoms with Crippen molar-refractivity contribution in [3.63, 3.8) is 0 Å². The molecule has 1 atom stereocenters. The molecule has 1 aromatic rings.